The van der Waals surface area contributed by atoms with E-state index in [1.807, 2.05) is 23.1 Å². The fourth-order valence-electron chi connectivity index (χ4n) is 4.39. The van der Waals surface area contributed by atoms with Crippen LogP contribution in [0.3, 0.4) is 0 Å². The van der Waals surface area contributed by atoms with E-state index in [4.69, 9.17) is 9.47 Å². The molecule has 2 fully saturated rings. The summed E-state index contributed by atoms with van der Waals surface area (Å²) in [4.78, 5) is 27.6. The van der Waals surface area contributed by atoms with Gasteiger partial charge in [-0.05, 0) is 43.0 Å². The lowest BCUT2D eigenvalue weighted by Crippen LogP contribution is -2.52. The van der Waals surface area contributed by atoms with Crippen LogP contribution in [0.15, 0.2) is 48.5 Å². The molecule has 2 aliphatic rings. The minimum atomic E-state index is -0.0902. The Bertz CT molecular complexity index is 883. The molecule has 0 spiro atoms. The number of amides is 2. The van der Waals surface area contributed by atoms with E-state index in [0.29, 0.717) is 28.5 Å². The quantitative estimate of drug-likeness (QED) is 0.866. The van der Waals surface area contributed by atoms with Crippen molar-refractivity contribution in [2.75, 3.05) is 20.8 Å². The lowest BCUT2D eigenvalue weighted by atomic mass is 10.0. The fourth-order valence-corrected chi connectivity index (χ4v) is 4.39. The Balaban J connectivity index is 1.51. The maximum Gasteiger partial charge on any atom is 0.257 e. The van der Waals surface area contributed by atoms with Crippen molar-refractivity contribution in [2.45, 2.75) is 24.9 Å². The molecule has 2 aromatic rings. The highest BCUT2D eigenvalue weighted by molar-refractivity contribution is 5.98. The second-order valence-corrected chi connectivity index (χ2v) is 7.37. The predicted octanol–water partition coefficient (Wildman–Crippen LogP) is 2.74. The molecule has 3 atom stereocenters. The highest BCUT2D eigenvalue weighted by Crippen LogP contribution is 2.39. The zero-order valence-corrected chi connectivity index (χ0v) is 16.1. The normalized spacial score (nSPS) is 22.8. The highest BCUT2D eigenvalue weighted by atomic mass is 16.5. The number of hydrogen-bond acceptors (Lipinski definition) is 4. The minimum Gasteiger partial charge on any atom is -0.497 e. The zero-order chi connectivity index (χ0) is 19.7. The third-order valence-corrected chi connectivity index (χ3v) is 5.73. The molecule has 0 aromatic heterocycles. The van der Waals surface area contributed by atoms with Gasteiger partial charge in [0.2, 0.25) is 0 Å². The van der Waals surface area contributed by atoms with Crippen molar-refractivity contribution in [3.05, 3.63) is 59.7 Å². The van der Waals surface area contributed by atoms with Crippen LogP contribution in [0.4, 0.5) is 0 Å². The number of hydrogen-bond donors (Lipinski definition) is 1. The fraction of sp³-hybridized carbons (Fsp3) is 0.364. The first-order valence-electron chi connectivity index (χ1n) is 9.49. The summed E-state index contributed by atoms with van der Waals surface area (Å²) in [6.45, 7) is 0.719. The number of likely N-dealkylation sites (tertiary alicyclic amines) is 1. The van der Waals surface area contributed by atoms with E-state index in [-0.39, 0.29) is 23.9 Å². The molecule has 1 N–H and O–H groups in total. The summed E-state index contributed by atoms with van der Waals surface area (Å²) in [6, 6.07) is 14.4. The average Bonchev–Trinajstić information content (AvgIpc) is 3.34. The second kappa shape index (κ2) is 7.54. The summed E-state index contributed by atoms with van der Waals surface area (Å²) in [7, 11) is 3.13. The van der Waals surface area contributed by atoms with Crippen LogP contribution in [0.2, 0.25) is 0 Å². The van der Waals surface area contributed by atoms with Gasteiger partial charge in [0.05, 0.1) is 25.8 Å². The van der Waals surface area contributed by atoms with Crippen LogP contribution in [0.25, 0.3) is 0 Å². The Labute approximate surface area is 164 Å². The molecule has 0 radical (unpaired) electrons. The van der Waals surface area contributed by atoms with Crippen LogP contribution in [0, 0.1) is 5.92 Å². The number of rotatable bonds is 5. The second-order valence-electron chi connectivity index (χ2n) is 7.37. The number of nitrogens with zero attached hydrogens (tertiary/aromatic N) is 1. The van der Waals surface area contributed by atoms with E-state index in [9.17, 15) is 9.59 Å². The smallest absolute Gasteiger partial charge is 0.257 e. The van der Waals surface area contributed by atoms with Crippen LogP contribution < -0.4 is 14.8 Å². The van der Waals surface area contributed by atoms with E-state index >= 15 is 0 Å². The van der Waals surface area contributed by atoms with E-state index in [0.717, 1.165) is 19.4 Å². The zero-order valence-electron chi connectivity index (χ0n) is 16.1. The summed E-state index contributed by atoms with van der Waals surface area (Å²) in [5.74, 6) is 1.40. The molecule has 1 aliphatic heterocycles. The Hall–Kier alpha value is -3.02. The average molecular weight is 380 g/mol. The number of nitrogens with one attached hydrogen (secondary N) is 1. The van der Waals surface area contributed by atoms with Crippen molar-refractivity contribution in [3.8, 4) is 11.5 Å². The van der Waals surface area contributed by atoms with Gasteiger partial charge in [-0.25, -0.2) is 0 Å². The lowest BCUT2D eigenvalue weighted by molar-refractivity contribution is 0.0645. The van der Waals surface area contributed by atoms with Crippen LogP contribution in [0.5, 0.6) is 11.5 Å². The molecule has 2 amide bonds. The van der Waals surface area contributed by atoms with Gasteiger partial charge in [-0.15, -0.1) is 0 Å². The number of benzene rings is 2. The minimum absolute atomic E-state index is 0.0111. The van der Waals surface area contributed by atoms with Crippen molar-refractivity contribution >= 4 is 11.8 Å². The van der Waals surface area contributed by atoms with Crippen LogP contribution >= 0.6 is 0 Å². The van der Waals surface area contributed by atoms with Gasteiger partial charge in [-0.1, -0.05) is 18.2 Å². The van der Waals surface area contributed by atoms with Crippen molar-refractivity contribution in [1.29, 1.82) is 0 Å². The predicted molar refractivity (Wildman–Crippen MR) is 105 cm³/mol. The first-order valence-corrected chi connectivity index (χ1v) is 9.49. The molecule has 6 nitrogen and oxygen atoms in total. The van der Waals surface area contributed by atoms with Crippen molar-refractivity contribution < 1.29 is 19.1 Å². The molecule has 2 bridgehead atoms. The summed E-state index contributed by atoms with van der Waals surface area (Å²) >= 11 is 0. The Morgan fingerprint density at radius 2 is 1.82 bits per heavy atom. The van der Waals surface area contributed by atoms with E-state index in [1.165, 1.54) is 0 Å². The number of fused-ring (bicyclic) bond motifs is 2. The van der Waals surface area contributed by atoms with Gasteiger partial charge < -0.3 is 19.7 Å². The molecule has 28 heavy (non-hydrogen) atoms. The van der Waals surface area contributed by atoms with Crippen LogP contribution in [-0.2, 0) is 0 Å². The van der Waals surface area contributed by atoms with Crippen LogP contribution in [-0.4, -0.2) is 49.6 Å². The summed E-state index contributed by atoms with van der Waals surface area (Å²) in [5.41, 5.74) is 1.16. The molecule has 146 valence electrons. The maximum absolute atomic E-state index is 13.2. The largest absolute Gasteiger partial charge is 0.497 e. The molecule has 6 heteroatoms. The molecular formula is C22H24N2O4. The van der Waals surface area contributed by atoms with Gasteiger partial charge in [-0.2, -0.15) is 0 Å². The molecular weight excluding hydrogens is 356 g/mol. The third-order valence-electron chi connectivity index (χ3n) is 5.73. The maximum atomic E-state index is 13.2. The number of carbonyl (C=O) groups excluding carboxylic acids is 2. The van der Waals surface area contributed by atoms with Gasteiger partial charge in [0.25, 0.3) is 11.8 Å². The standard InChI is InChI=1S/C22H24N2O4/c1-27-16-8-9-17(20(12-16)28-2)22(26)24-13-14-10-18(19(24)11-14)23-21(25)15-6-4-3-5-7-15/h3-9,12,14,18-19H,10-11,13H2,1-2H3,(H,23,25). The van der Waals surface area contributed by atoms with Crippen molar-refractivity contribution in [3.63, 3.8) is 0 Å². The van der Waals surface area contributed by atoms with E-state index in [1.54, 1.807) is 44.6 Å². The lowest BCUT2D eigenvalue weighted by Gasteiger charge is -2.34. The van der Waals surface area contributed by atoms with Gasteiger partial charge in [-0.3, -0.25) is 9.59 Å². The van der Waals surface area contributed by atoms with Gasteiger partial charge >= 0.3 is 0 Å². The Morgan fingerprint density at radius 3 is 2.50 bits per heavy atom. The third kappa shape index (κ3) is 3.30. The number of piperidine rings is 1. The Kier molecular flexibility index (Phi) is 4.94. The molecule has 2 aromatic carbocycles. The molecule has 3 unspecified atom stereocenters. The first kappa shape index (κ1) is 18.3. The molecule has 1 saturated carbocycles. The van der Waals surface area contributed by atoms with E-state index in [2.05, 4.69) is 5.32 Å². The monoisotopic (exact) mass is 380 g/mol. The van der Waals surface area contributed by atoms with Crippen molar-refractivity contribution in [2.24, 2.45) is 5.92 Å². The van der Waals surface area contributed by atoms with Gasteiger partial charge in [0, 0.05) is 24.2 Å². The number of carbonyl (C=O) groups is 2. The summed E-state index contributed by atoms with van der Waals surface area (Å²) in [5, 5.41) is 3.13. The summed E-state index contributed by atoms with van der Waals surface area (Å²) in [6.07, 6.45) is 1.83. The molecule has 1 saturated heterocycles. The van der Waals surface area contributed by atoms with Crippen LogP contribution in [0.1, 0.15) is 33.6 Å². The number of methoxy groups -OCH3 is 2. The summed E-state index contributed by atoms with van der Waals surface area (Å²) < 4.78 is 10.6. The topological polar surface area (TPSA) is 67.9 Å². The molecule has 4 rings (SSSR count). The Morgan fingerprint density at radius 1 is 1.04 bits per heavy atom. The molecule has 1 aliphatic carbocycles. The molecule has 1 heterocycles. The first-order chi connectivity index (χ1) is 13.6. The SMILES string of the molecule is COc1ccc(C(=O)N2CC3CC(NC(=O)c4ccccc4)C2C3)c(OC)c1. The van der Waals surface area contributed by atoms with Gasteiger partial charge in [0.15, 0.2) is 0 Å². The number of ether oxygens (including phenoxy) is 2. The van der Waals surface area contributed by atoms with Crippen molar-refractivity contribution in [1.82, 2.24) is 10.2 Å². The van der Waals surface area contributed by atoms with Gasteiger partial charge in [0.1, 0.15) is 11.5 Å². The van der Waals surface area contributed by atoms with E-state index < -0.39 is 0 Å². The highest BCUT2D eigenvalue weighted by Gasteiger charge is 2.47.